The smallest absolute Gasteiger partial charge is 0.220 e. The van der Waals surface area contributed by atoms with Gasteiger partial charge in [-0.1, -0.05) is 6.92 Å². The molecule has 1 aliphatic rings. The number of rotatable bonds is 6. The van der Waals surface area contributed by atoms with Crippen LogP contribution in [-0.4, -0.2) is 18.5 Å². The molecule has 0 aromatic carbocycles. The van der Waals surface area contributed by atoms with E-state index in [1.807, 2.05) is 0 Å². The minimum Gasteiger partial charge on any atom is -0.351 e. The van der Waals surface area contributed by atoms with Gasteiger partial charge in [-0.25, -0.2) is 0 Å². The second-order valence-corrected chi connectivity index (χ2v) is 6.08. The van der Waals surface area contributed by atoms with Crippen molar-refractivity contribution in [2.45, 2.75) is 51.6 Å². The van der Waals surface area contributed by atoms with E-state index >= 15 is 0 Å². The van der Waals surface area contributed by atoms with E-state index in [-0.39, 0.29) is 5.91 Å². The summed E-state index contributed by atoms with van der Waals surface area (Å²) in [5.41, 5.74) is 0. The van der Waals surface area contributed by atoms with E-state index in [4.69, 9.17) is 0 Å². The van der Waals surface area contributed by atoms with E-state index in [9.17, 15) is 4.79 Å². The van der Waals surface area contributed by atoms with Gasteiger partial charge in [-0.3, -0.25) is 4.79 Å². The van der Waals surface area contributed by atoms with Crippen LogP contribution in [0, 0.1) is 0 Å². The topological polar surface area (TPSA) is 41.1 Å². The average Bonchev–Trinajstić information content (AvgIpc) is 3.04. The van der Waals surface area contributed by atoms with Crippen LogP contribution in [0.2, 0.25) is 0 Å². The van der Waals surface area contributed by atoms with Crippen molar-refractivity contribution < 1.29 is 4.79 Å². The average molecular weight is 266 g/mol. The highest BCUT2D eigenvalue weighted by Gasteiger charge is 2.15. The van der Waals surface area contributed by atoms with Gasteiger partial charge in [0.05, 0.1) is 6.54 Å². The molecule has 0 aliphatic carbocycles. The minimum absolute atomic E-state index is 0.176. The van der Waals surface area contributed by atoms with E-state index in [0.29, 0.717) is 19.0 Å². The first-order valence-electron chi connectivity index (χ1n) is 6.85. The lowest BCUT2D eigenvalue weighted by Crippen LogP contribution is -2.26. The molecular weight excluding hydrogens is 244 g/mol. The summed E-state index contributed by atoms with van der Waals surface area (Å²) >= 11 is 1.79. The standard InChI is InChI=1S/C14H22N2OS/c1-2-12-6-7-13(18-12)10-16-14(17)8-5-11-4-3-9-15-11/h6-7,11,15H,2-5,8-10H2,1H3,(H,16,17). The summed E-state index contributed by atoms with van der Waals surface area (Å²) in [6, 6.07) is 4.82. The van der Waals surface area contributed by atoms with E-state index in [1.54, 1.807) is 11.3 Å². The molecule has 2 rings (SSSR count). The van der Waals surface area contributed by atoms with Crippen molar-refractivity contribution in [2.24, 2.45) is 0 Å². The van der Waals surface area contributed by atoms with Crippen LogP contribution in [0.4, 0.5) is 0 Å². The fourth-order valence-corrected chi connectivity index (χ4v) is 3.19. The summed E-state index contributed by atoms with van der Waals surface area (Å²) in [6.45, 7) is 3.95. The fraction of sp³-hybridized carbons (Fsp3) is 0.643. The Labute approximate surface area is 113 Å². The fourth-order valence-electron chi connectivity index (χ4n) is 2.29. The molecule has 1 saturated heterocycles. The lowest BCUT2D eigenvalue weighted by molar-refractivity contribution is -0.121. The molecule has 1 amide bonds. The Morgan fingerprint density at radius 1 is 1.50 bits per heavy atom. The molecule has 1 unspecified atom stereocenters. The lowest BCUT2D eigenvalue weighted by Gasteiger charge is -2.09. The highest BCUT2D eigenvalue weighted by molar-refractivity contribution is 7.11. The first-order chi connectivity index (χ1) is 8.78. The zero-order valence-corrected chi connectivity index (χ0v) is 11.8. The molecule has 0 radical (unpaired) electrons. The molecule has 0 spiro atoms. The summed E-state index contributed by atoms with van der Waals surface area (Å²) in [5, 5.41) is 6.42. The predicted octanol–water partition coefficient (Wildman–Crippen LogP) is 2.46. The Bertz CT molecular complexity index is 383. The molecule has 1 atom stereocenters. The summed E-state index contributed by atoms with van der Waals surface area (Å²) in [6.07, 6.45) is 5.16. The van der Waals surface area contributed by atoms with Crippen LogP contribution in [0.25, 0.3) is 0 Å². The molecule has 1 aliphatic heterocycles. The van der Waals surface area contributed by atoms with E-state index in [1.165, 1.54) is 22.6 Å². The highest BCUT2D eigenvalue weighted by atomic mass is 32.1. The number of carbonyl (C=O) groups excluding carboxylic acids is 1. The molecule has 1 aromatic heterocycles. The predicted molar refractivity (Wildman–Crippen MR) is 75.8 cm³/mol. The maximum absolute atomic E-state index is 11.7. The number of thiophene rings is 1. The molecule has 100 valence electrons. The maximum Gasteiger partial charge on any atom is 0.220 e. The first kappa shape index (κ1) is 13.6. The van der Waals surface area contributed by atoms with Gasteiger partial charge in [0.15, 0.2) is 0 Å². The summed E-state index contributed by atoms with van der Waals surface area (Å²) < 4.78 is 0. The summed E-state index contributed by atoms with van der Waals surface area (Å²) in [7, 11) is 0. The number of aryl methyl sites for hydroxylation is 1. The summed E-state index contributed by atoms with van der Waals surface area (Å²) in [4.78, 5) is 14.3. The molecule has 4 heteroatoms. The van der Waals surface area contributed by atoms with Crippen molar-refractivity contribution in [2.75, 3.05) is 6.54 Å². The first-order valence-corrected chi connectivity index (χ1v) is 7.67. The van der Waals surface area contributed by atoms with Crippen LogP contribution in [0.15, 0.2) is 12.1 Å². The Morgan fingerprint density at radius 3 is 3.00 bits per heavy atom. The van der Waals surface area contributed by atoms with Gasteiger partial charge in [-0.05, 0) is 44.4 Å². The summed E-state index contributed by atoms with van der Waals surface area (Å²) in [5.74, 6) is 0.176. The maximum atomic E-state index is 11.7. The quantitative estimate of drug-likeness (QED) is 0.830. The number of hydrogen-bond acceptors (Lipinski definition) is 3. The zero-order chi connectivity index (χ0) is 12.8. The Morgan fingerprint density at radius 2 is 2.33 bits per heavy atom. The van der Waals surface area contributed by atoms with Crippen molar-refractivity contribution in [3.05, 3.63) is 21.9 Å². The van der Waals surface area contributed by atoms with Gasteiger partial charge < -0.3 is 10.6 Å². The van der Waals surface area contributed by atoms with Crippen molar-refractivity contribution in [3.63, 3.8) is 0 Å². The van der Waals surface area contributed by atoms with Gasteiger partial charge in [-0.15, -0.1) is 11.3 Å². The SMILES string of the molecule is CCc1ccc(CNC(=O)CCC2CCCN2)s1. The van der Waals surface area contributed by atoms with Crippen LogP contribution in [-0.2, 0) is 17.8 Å². The number of carbonyl (C=O) groups is 1. The van der Waals surface area contributed by atoms with Crippen molar-refractivity contribution in [1.29, 1.82) is 0 Å². The lowest BCUT2D eigenvalue weighted by atomic mass is 10.1. The van der Waals surface area contributed by atoms with E-state index < -0.39 is 0 Å². The Hall–Kier alpha value is -0.870. The molecule has 0 saturated carbocycles. The van der Waals surface area contributed by atoms with Gasteiger partial charge in [0.25, 0.3) is 0 Å². The van der Waals surface area contributed by atoms with Gasteiger partial charge in [0.1, 0.15) is 0 Å². The second-order valence-electron chi connectivity index (χ2n) is 4.83. The highest BCUT2D eigenvalue weighted by Crippen LogP contribution is 2.16. The Balaban J connectivity index is 1.64. The molecule has 2 heterocycles. The molecule has 2 N–H and O–H groups in total. The number of hydrogen-bond donors (Lipinski definition) is 2. The monoisotopic (exact) mass is 266 g/mol. The third kappa shape index (κ3) is 4.10. The molecule has 18 heavy (non-hydrogen) atoms. The largest absolute Gasteiger partial charge is 0.351 e. The van der Waals surface area contributed by atoms with Crippen molar-refractivity contribution in [1.82, 2.24) is 10.6 Å². The van der Waals surface area contributed by atoms with Crippen LogP contribution >= 0.6 is 11.3 Å². The van der Waals surface area contributed by atoms with Crippen LogP contribution < -0.4 is 10.6 Å². The second kappa shape index (κ2) is 6.90. The van der Waals surface area contributed by atoms with Gasteiger partial charge in [0.2, 0.25) is 5.91 Å². The number of nitrogens with one attached hydrogen (secondary N) is 2. The third-order valence-corrected chi connectivity index (χ3v) is 4.64. The van der Waals surface area contributed by atoms with Gasteiger partial charge in [0, 0.05) is 22.2 Å². The van der Waals surface area contributed by atoms with Crippen LogP contribution in [0.3, 0.4) is 0 Å². The van der Waals surface area contributed by atoms with Crippen LogP contribution in [0.1, 0.15) is 42.4 Å². The molecular formula is C14H22N2OS. The molecule has 1 aromatic rings. The number of amides is 1. The molecule has 1 fully saturated rings. The molecule has 0 bridgehead atoms. The van der Waals surface area contributed by atoms with E-state index in [2.05, 4.69) is 29.7 Å². The normalized spacial score (nSPS) is 19.1. The zero-order valence-electron chi connectivity index (χ0n) is 11.0. The minimum atomic E-state index is 0.176. The van der Waals surface area contributed by atoms with Crippen molar-refractivity contribution >= 4 is 17.2 Å². The van der Waals surface area contributed by atoms with Crippen molar-refractivity contribution in [3.8, 4) is 0 Å². The third-order valence-electron chi connectivity index (χ3n) is 3.41. The van der Waals surface area contributed by atoms with Gasteiger partial charge >= 0.3 is 0 Å². The molecule has 3 nitrogen and oxygen atoms in total. The van der Waals surface area contributed by atoms with E-state index in [0.717, 1.165) is 19.4 Å². The van der Waals surface area contributed by atoms with Gasteiger partial charge in [-0.2, -0.15) is 0 Å². The Kier molecular flexibility index (Phi) is 5.20. The van der Waals surface area contributed by atoms with Crippen LogP contribution in [0.5, 0.6) is 0 Å².